The van der Waals surface area contributed by atoms with E-state index in [9.17, 15) is 9.70 Å². The highest BCUT2D eigenvalue weighted by Gasteiger charge is 2.21. The molecular formula is C15H20BrNO4. The van der Waals surface area contributed by atoms with Crippen LogP contribution >= 0.6 is 15.9 Å². The summed E-state index contributed by atoms with van der Waals surface area (Å²) in [6.07, 6.45) is 0.615. The van der Waals surface area contributed by atoms with Gasteiger partial charge in [-0.1, -0.05) is 11.2 Å². The maximum atomic E-state index is 11.6. The molecule has 0 heterocycles. The van der Waals surface area contributed by atoms with Crippen molar-refractivity contribution in [2.75, 3.05) is 6.61 Å². The van der Waals surface area contributed by atoms with Crippen LogP contribution in [0.4, 0.5) is 0 Å². The second-order valence-electron chi connectivity index (χ2n) is 5.03. The quantitative estimate of drug-likeness (QED) is 0.400. The number of benzene rings is 1. The molecule has 5 nitrogen and oxygen atoms in total. The highest BCUT2D eigenvalue weighted by atomic mass is 79.9. The molecule has 6 heteroatoms. The van der Waals surface area contributed by atoms with E-state index in [0.717, 1.165) is 15.8 Å². The van der Waals surface area contributed by atoms with Crippen LogP contribution in [-0.2, 0) is 9.53 Å². The molecule has 0 spiro atoms. The van der Waals surface area contributed by atoms with Crippen molar-refractivity contribution in [3.8, 4) is 5.75 Å². The molecule has 0 aliphatic rings. The normalized spacial score (nSPS) is 12.0. The number of carbonyl (C=O) groups excluding carboxylic acids is 1. The van der Waals surface area contributed by atoms with Crippen molar-refractivity contribution in [3.63, 3.8) is 0 Å². The van der Waals surface area contributed by atoms with Crippen LogP contribution in [0, 0.1) is 11.8 Å². The molecule has 1 rings (SSSR count). The number of halogens is 1. The number of esters is 1. The Balaban J connectivity index is 2.38. The van der Waals surface area contributed by atoms with Crippen LogP contribution in [0.3, 0.4) is 0 Å². The smallest absolute Gasteiger partial charge is 0.334 e. The van der Waals surface area contributed by atoms with E-state index >= 15 is 0 Å². The second-order valence-corrected chi connectivity index (χ2v) is 5.89. The molecular weight excluding hydrogens is 338 g/mol. The lowest BCUT2D eigenvalue weighted by Gasteiger charge is -2.12. The Morgan fingerprint density at radius 3 is 2.67 bits per heavy atom. The van der Waals surface area contributed by atoms with Crippen LogP contribution in [0.1, 0.15) is 32.3 Å². The molecule has 1 aromatic rings. The van der Waals surface area contributed by atoms with Crippen LogP contribution in [0.15, 0.2) is 27.8 Å². The first-order chi connectivity index (χ1) is 9.93. The molecule has 0 radical (unpaired) electrons. The summed E-state index contributed by atoms with van der Waals surface area (Å²) >= 11 is 3.42. The number of rotatable bonds is 8. The minimum Gasteiger partial charge on any atom is -0.492 e. The largest absolute Gasteiger partial charge is 0.492 e. The van der Waals surface area contributed by atoms with Gasteiger partial charge < -0.3 is 9.47 Å². The van der Waals surface area contributed by atoms with Gasteiger partial charge >= 0.3 is 5.97 Å². The standard InChI is InChI=1S/C15H20BrNO4/c1-10(2)21-15(18)13(17-19)5-4-8-20-14-7-6-11(3)9-12(14)16/h6-7,9-10,13H,4-5,8H2,1-3H3. The highest BCUT2D eigenvalue weighted by molar-refractivity contribution is 9.10. The van der Waals surface area contributed by atoms with Gasteiger partial charge in [0.1, 0.15) is 5.75 Å². The van der Waals surface area contributed by atoms with E-state index in [1.54, 1.807) is 13.8 Å². The molecule has 1 aromatic carbocycles. The van der Waals surface area contributed by atoms with Crippen LogP contribution in [0.2, 0.25) is 0 Å². The van der Waals surface area contributed by atoms with Gasteiger partial charge in [0.15, 0.2) is 6.04 Å². The van der Waals surface area contributed by atoms with Gasteiger partial charge in [0, 0.05) is 0 Å². The maximum Gasteiger partial charge on any atom is 0.334 e. The Morgan fingerprint density at radius 1 is 1.38 bits per heavy atom. The van der Waals surface area contributed by atoms with E-state index in [-0.39, 0.29) is 6.10 Å². The van der Waals surface area contributed by atoms with Gasteiger partial charge in [-0.3, -0.25) is 0 Å². The molecule has 21 heavy (non-hydrogen) atoms. The molecule has 0 aromatic heterocycles. The van der Waals surface area contributed by atoms with Gasteiger partial charge in [-0.25, -0.2) is 4.79 Å². The Morgan fingerprint density at radius 2 is 2.10 bits per heavy atom. The van der Waals surface area contributed by atoms with Crippen molar-refractivity contribution >= 4 is 21.9 Å². The number of aryl methyl sites for hydroxylation is 1. The van der Waals surface area contributed by atoms with Crippen molar-refractivity contribution in [1.82, 2.24) is 0 Å². The Hall–Kier alpha value is -1.43. The number of nitroso groups, excluding NO2 is 1. The lowest BCUT2D eigenvalue weighted by Crippen LogP contribution is -2.24. The summed E-state index contributed by atoms with van der Waals surface area (Å²) in [5.41, 5.74) is 1.14. The minimum atomic E-state index is -0.961. The first kappa shape index (κ1) is 17.6. The fourth-order valence-corrected chi connectivity index (χ4v) is 2.31. The molecule has 0 saturated heterocycles. The summed E-state index contributed by atoms with van der Waals surface area (Å²) in [6, 6.07) is 4.83. The molecule has 1 unspecified atom stereocenters. The van der Waals surface area contributed by atoms with Gasteiger partial charge in [0.25, 0.3) is 0 Å². The lowest BCUT2D eigenvalue weighted by atomic mass is 10.2. The van der Waals surface area contributed by atoms with Crippen LogP contribution < -0.4 is 4.74 Å². The van der Waals surface area contributed by atoms with Gasteiger partial charge in [-0.05, 0) is 67.2 Å². The van der Waals surface area contributed by atoms with Gasteiger partial charge in [0.2, 0.25) is 0 Å². The predicted octanol–water partition coefficient (Wildman–Crippen LogP) is 4.00. The van der Waals surface area contributed by atoms with Gasteiger partial charge in [-0.2, -0.15) is 0 Å². The number of carbonyl (C=O) groups is 1. The topological polar surface area (TPSA) is 65.0 Å². The van der Waals surface area contributed by atoms with Gasteiger partial charge in [0.05, 0.1) is 17.2 Å². The molecule has 0 amide bonds. The van der Waals surface area contributed by atoms with Crippen LogP contribution in [0.25, 0.3) is 0 Å². The summed E-state index contributed by atoms with van der Waals surface area (Å²) in [5.74, 6) is 0.164. The van der Waals surface area contributed by atoms with Crippen molar-refractivity contribution in [1.29, 1.82) is 0 Å². The fraction of sp³-hybridized carbons (Fsp3) is 0.533. The average Bonchev–Trinajstić information content (AvgIpc) is 2.40. The third-order valence-electron chi connectivity index (χ3n) is 2.72. The summed E-state index contributed by atoms with van der Waals surface area (Å²) in [6.45, 7) is 5.87. The summed E-state index contributed by atoms with van der Waals surface area (Å²) in [4.78, 5) is 22.3. The Labute approximate surface area is 133 Å². The zero-order valence-corrected chi connectivity index (χ0v) is 14.1. The summed E-state index contributed by atoms with van der Waals surface area (Å²) < 4.78 is 11.5. The van der Waals surface area contributed by atoms with Gasteiger partial charge in [-0.15, -0.1) is 4.91 Å². The molecule has 0 aliphatic carbocycles. The molecule has 0 saturated carbocycles. The number of ether oxygens (including phenoxy) is 2. The van der Waals surface area contributed by atoms with E-state index in [2.05, 4.69) is 21.1 Å². The fourth-order valence-electron chi connectivity index (χ4n) is 1.71. The average molecular weight is 358 g/mol. The van der Waals surface area contributed by atoms with E-state index in [0.29, 0.717) is 19.4 Å². The van der Waals surface area contributed by atoms with Crippen molar-refractivity contribution in [3.05, 3.63) is 33.1 Å². The third-order valence-corrected chi connectivity index (χ3v) is 3.34. The zero-order valence-electron chi connectivity index (χ0n) is 12.5. The number of nitrogens with zero attached hydrogens (tertiary/aromatic N) is 1. The summed E-state index contributed by atoms with van der Waals surface area (Å²) in [5, 5.41) is 2.83. The molecule has 116 valence electrons. The molecule has 0 N–H and O–H groups in total. The van der Waals surface area contributed by atoms with Crippen molar-refractivity contribution < 1.29 is 14.3 Å². The molecule has 0 aliphatic heterocycles. The van der Waals surface area contributed by atoms with E-state index in [4.69, 9.17) is 9.47 Å². The maximum absolute atomic E-state index is 11.6. The second kappa shape index (κ2) is 8.77. The molecule has 1 atom stereocenters. The number of hydrogen-bond donors (Lipinski definition) is 0. The van der Waals surface area contributed by atoms with Crippen molar-refractivity contribution in [2.24, 2.45) is 5.18 Å². The molecule has 0 bridgehead atoms. The monoisotopic (exact) mass is 357 g/mol. The van der Waals surface area contributed by atoms with Crippen LogP contribution in [0.5, 0.6) is 5.75 Å². The minimum absolute atomic E-state index is 0.249. The number of hydrogen-bond acceptors (Lipinski definition) is 5. The first-order valence-corrected chi connectivity index (χ1v) is 7.65. The van der Waals surface area contributed by atoms with E-state index in [1.165, 1.54) is 0 Å². The van der Waals surface area contributed by atoms with Crippen molar-refractivity contribution in [2.45, 2.75) is 45.8 Å². The van der Waals surface area contributed by atoms with Crippen LogP contribution in [-0.4, -0.2) is 24.7 Å². The Kier molecular flexibility index (Phi) is 7.36. The van der Waals surface area contributed by atoms with E-state index in [1.807, 2.05) is 25.1 Å². The first-order valence-electron chi connectivity index (χ1n) is 6.86. The molecule has 0 fully saturated rings. The van der Waals surface area contributed by atoms with E-state index < -0.39 is 12.0 Å². The highest BCUT2D eigenvalue weighted by Crippen LogP contribution is 2.25. The SMILES string of the molecule is Cc1ccc(OCCCC(N=O)C(=O)OC(C)C)c(Br)c1. The lowest BCUT2D eigenvalue weighted by molar-refractivity contribution is -0.149. The predicted molar refractivity (Wildman–Crippen MR) is 84.4 cm³/mol. The summed E-state index contributed by atoms with van der Waals surface area (Å²) in [7, 11) is 0. The Bertz CT molecular complexity index is 491. The zero-order chi connectivity index (χ0) is 15.8. The third kappa shape index (κ3) is 6.25.